The van der Waals surface area contributed by atoms with Gasteiger partial charge in [0.05, 0.1) is 4.92 Å². The van der Waals surface area contributed by atoms with Crippen LogP contribution in [0.3, 0.4) is 0 Å². The number of carbonyl (C=O) groups excluding carboxylic acids is 1. The Morgan fingerprint density at radius 1 is 1.25 bits per heavy atom. The van der Waals surface area contributed by atoms with Crippen molar-refractivity contribution in [1.29, 1.82) is 0 Å². The number of nitrogens with zero attached hydrogens (tertiary/aromatic N) is 5. The molecule has 0 atom stereocenters. The summed E-state index contributed by atoms with van der Waals surface area (Å²) in [5.41, 5.74) is -0.0854. The fraction of sp³-hybridized carbons (Fsp3) is 0.100. The standard InChI is InChI=1S/C10H7N5O5/c16-9(5-13-6-11-10(12-13)15(19)20)7-2-1-3-8(4-7)14(17)18/h1-4,6H,5H2. The summed E-state index contributed by atoms with van der Waals surface area (Å²) in [7, 11) is 0. The van der Waals surface area contributed by atoms with Crippen molar-refractivity contribution >= 4 is 17.4 Å². The van der Waals surface area contributed by atoms with Crippen LogP contribution in [-0.2, 0) is 6.54 Å². The molecule has 0 N–H and O–H groups in total. The Balaban J connectivity index is 2.17. The van der Waals surface area contributed by atoms with Crippen LogP contribution in [0.2, 0.25) is 0 Å². The number of carbonyl (C=O) groups is 1. The highest BCUT2D eigenvalue weighted by molar-refractivity contribution is 5.96. The van der Waals surface area contributed by atoms with Gasteiger partial charge in [0.2, 0.25) is 6.33 Å². The van der Waals surface area contributed by atoms with Crippen molar-refractivity contribution in [2.24, 2.45) is 0 Å². The SMILES string of the molecule is O=C(Cn1cnc([N+](=O)[O-])n1)c1cccc([N+](=O)[O-])c1. The van der Waals surface area contributed by atoms with Gasteiger partial charge >= 0.3 is 5.95 Å². The second-order valence-electron chi connectivity index (χ2n) is 3.73. The third-order valence-electron chi connectivity index (χ3n) is 2.37. The van der Waals surface area contributed by atoms with Crippen molar-refractivity contribution in [2.45, 2.75) is 6.54 Å². The van der Waals surface area contributed by atoms with Crippen LogP contribution in [-0.4, -0.2) is 30.4 Å². The monoisotopic (exact) mass is 277 g/mol. The molecular weight excluding hydrogens is 270 g/mol. The maximum atomic E-state index is 11.9. The summed E-state index contributed by atoms with van der Waals surface area (Å²) in [6, 6.07) is 5.20. The molecule has 0 amide bonds. The summed E-state index contributed by atoms with van der Waals surface area (Å²) < 4.78 is 0.999. The van der Waals surface area contributed by atoms with Crippen LogP contribution in [0.4, 0.5) is 11.6 Å². The fourth-order valence-corrected chi connectivity index (χ4v) is 1.48. The molecule has 1 aromatic carbocycles. The maximum absolute atomic E-state index is 11.9. The number of ketones is 1. The zero-order valence-corrected chi connectivity index (χ0v) is 9.87. The van der Waals surface area contributed by atoms with Gasteiger partial charge in [0.15, 0.2) is 5.78 Å². The third-order valence-corrected chi connectivity index (χ3v) is 2.37. The molecule has 2 rings (SSSR count). The minimum absolute atomic E-state index is 0.123. The van der Waals surface area contributed by atoms with Crippen LogP contribution in [0, 0.1) is 20.2 Å². The highest BCUT2D eigenvalue weighted by Crippen LogP contribution is 2.14. The Kier molecular flexibility index (Phi) is 3.46. The van der Waals surface area contributed by atoms with Gasteiger partial charge in [-0.2, -0.15) is 4.68 Å². The number of nitro benzene ring substituents is 1. The Morgan fingerprint density at radius 2 is 2.00 bits per heavy atom. The Morgan fingerprint density at radius 3 is 2.60 bits per heavy atom. The van der Waals surface area contributed by atoms with Crippen molar-refractivity contribution in [1.82, 2.24) is 14.8 Å². The quantitative estimate of drug-likeness (QED) is 0.451. The van der Waals surface area contributed by atoms with Gasteiger partial charge in [0.1, 0.15) is 6.54 Å². The van der Waals surface area contributed by atoms with E-state index in [4.69, 9.17) is 0 Å². The van der Waals surface area contributed by atoms with Crippen LogP contribution in [0.25, 0.3) is 0 Å². The van der Waals surface area contributed by atoms with Crippen molar-refractivity contribution in [3.05, 3.63) is 56.4 Å². The molecular formula is C10H7N5O5. The zero-order chi connectivity index (χ0) is 14.7. The first-order valence-corrected chi connectivity index (χ1v) is 5.29. The predicted molar refractivity (Wildman–Crippen MR) is 64.1 cm³/mol. The van der Waals surface area contributed by atoms with Gasteiger partial charge in [-0.3, -0.25) is 14.9 Å². The molecule has 102 valence electrons. The van der Waals surface area contributed by atoms with Gasteiger partial charge in [-0.25, -0.2) is 0 Å². The molecule has 0 saturated heterocycles. The van der Waals surface area contributed by atoms with E-state index in [0.717, 1.165) is 17.1 Å². The van der Waals surface area contributed by atoms with Crippen molar-refractivity contribution in [3.8, 4) is 0 Å². The van der Waals surface area contributed by atoms with Crippen LogP contribution >= 0.6 is 0 Å². The van der Waals surface area contributed by atoms with Crippen molar-refractivity contribution in [3.63, 3.8) is 0 Å². The summed E-state index contributed by atoms with van der Waals surface area (Å²) in [5, 5.41) is 24.5. The van der Waals surface area contributed by atoms with Gasteiger partial charge in [-0.1, -0.05) is 17.1 Å². The smallest absolute Gasteiger partial charge is 0.390 e. The molecule has 0 bridgehead atoms. The molecule has 0 saturated carbocycles. The van der Waals surface area contributed by atoms with Gasteiger partial charge in [0.25, 0.3) is 5.69 Å². The number of hydrogen-bond donors (Lipinski definition) is 0. The van der Waals surface area contributed by atoms with Gasteiger partial charge < -0.3 is 10.1 Å². The number of rotatable bonds is 5. The summed E-state index contributed by atoms with van der Waals surface area (Å²) in [5.74, 6) is -1.08. The van der Waals surface area contributed by atoms with E-state index in [1.165, 1.54) is 18.2 Å². The van der Waals surface area contributed by atoms with E-state index < -0.39 is 21.6 Å². The molecule has 10 heteroatoms. The molecule has 2 aromatic rings. The molecule has 0 spiro atoms. The second-order valence-corrected chi connectivity index (χ2v) is 3.73. The Hall–Kier alpha value is -3.17. The predicted octanol–water partition coefficient (Wildman–Crippen LogP) is 0.977. The molecule has 0 unspecified atom stereocenters. The van der Waals surface area contributed by atoms with Gasteiger partial charge in [-0.05, 0) is 4.92 Å². The van der Waals surface area contributed by atoms with Gasteiger partial charge in [-0.15, -0.1) is 0 Å². The van der Waals surface area contributed by atoms with Crippen LogP contribution in [0.5, 0.6) is 0 Å². The lowest BCUT2D eigenvalue weighted by molar-refractivity contribution is -0.394. The minimum Gasteiger partial charge on any atom is -0.390 e. The molecule has 0 radical (unpaired) electrons. The highest BCUT2D eigenvalue weighted by Gasteiger charge is 2.17. The number of Topliss-reactive ketones (excluding diaryl/α,β-unsaturated/α-hetero) is 1. The number of non-ortho nitro benzene ring substituents is 1. The van der Waals surface area contributed by atoms with E-state index in [0.29, 0.717) is 0 Å². The first-order valence-electron chi connectivity index (χ1n) is 5.29. The van der Waals surface area contributed by atoms with E-state index >= 15 is 0 Å². The molecule has 1 aromatic heterocycles. The third kappa shape index (κ3) is 2.80. The van der Waals surface area contributed by atoms with Crippen molar-refractivity contribution < 1.29 is 14.6 Å². The molecule has 10 nitrogen and oxygen atoms in total. The average Bonchev–Trinajstić information content (AvgIpc) is 2.87. The molecule has 0 fully saturated rings. The second kappa shape index (κ2) is 5.22. The zero-order valence-electron chi connectivity index (χ0n) is 9.87. The largest absolute Gasteiger partial charge is 0.490 e. The Labute approximate surface area is 111 Å². The summed E-state index contributed by atoms with van der Waals surface area (Å²) >= 11 is 0. The lowest BCUT2D eigenvalue weighted by Crippen LogP contribution is -2.11. The maximum Gasteiger partial charge on any atom is 0.490 e. The molecule has 0 aliphatic carbocycles. The lowest BCUT2D eigenvalue weighted by atomic mass is 10.1. The van der Waals surface area contributed by atoms with E-state index in [1.807, 2.05) is 0 Å². The van der Waals surface area contributed by atoms with E-state index in [2.05, 4.69) is 10.1 Å². The highest BCUT2D eigenvalue weighted by atomic mass is 16.6. The van der Waals surface area contributed by atoms with Gasteiger partial charge in [0, 0.05) is 22.8 Å². The molecule has 0 aliphatic heterocycles. The number of aromatic nitrogens is 3. The number of hydrogen-bond acceptors (Lipinski definition) is 7. The number of nitro groups is 2. The summed E-state index contributed by atoms with van der Waals surface area (Å²) in [6.07, 6.45) is 1.05. The summed E-state index contributed by atoms with van der Waals surface area (Å²) in [6.45, 7) is -0.290. The Bertz CT molecular complexity index is 695. The van der Waals surface area contributed by atoms with Crippen LogP contribution in [0.15, 0.2) is 30.6 Å². The number of benzene rings is 1. The first kappa shape index (κ1) is 13.3. The average molecular weight is 277 g/mol. The van der Waals surface area contributed by atoms with Crippen LogP contribution < -0.4 is 0 Å². The first-order chi connectivity index (χ1) is 9.47. The molecule has 0 aliphatic rings. The normalized spacial score (nSPS) is 10.2. The molecule has 20 heavy (non-hydrogen) atoms. The minimum atomic E-state index is -0.783. The van der Waals surface area contributed by atoms with Crippen LogP contribution in [0.1, 0.15) is 10.4 Å². The topological polar surface area (TPSA) is 134 Å². The lowest BCUT2D eigenvalue weighted by Gasteiger charge is -1.98. The molecule has 1 heterocycles. The van der Waals surface area contributed by atoms with Crippen molar-refractivity contribution in [2.75, 3.05) is 0 Å². The van der Waals surface area contributed by atoms with E-state index in [1.54, 1.807) is 0 Å². The summed E-state index contributed by atoms with van der Waals surface area (Å²) in [4.78, 5) is 34.9. The van der Waals surface area contributed by atoms with E-state index in [9.17, 15) is 25.0 Å². The van der Waals surface area contributed by atoms with E-state index in [-0.39, 0.29) is 17.8 Å². The fourth-order valence-electron chi connectivity index (χ4n) is 1.48.